The molecule has 0 saturated carbocycles. The molecule has 0 fully saturated rings. The second-order valence-corrected chi connectivity index (χ2v) is 4.32. The van der Waals surface area contributed by atoms with Crippen LogP contribution in [-0.4, -0.2) is 20.1 Å². The van der Waals surface area contributed by atoms with Gasteiger partial charge in [-0.05, 0) is 30.2 Å². The predicted molar refractivity (Wildman–Crippen MR) is 73.6 cm³/mol. The number of fused-ring (bicyclic) bond motifs is 1. The number of rotatable bonds is 1. The van der Waals surface area contributed by atoms with E-state index in [1.54, 1.807) is 12.3 Å². The average molecular weight is 252 g/mol. The van der Waals surface area contributed by atoms with Crippen LogP contribution in [0.4, 0.5) is 5.82 Å². The van der Waals surface area contributed by atoms with Crippen molar-refractivity contribution in [1.82, 2.24) is 15.0 Å². The second-order valence-electron chi connectivity index (χ2n) is 4.32. The number of nitrogens with zero attached hydrogens (tertiary/aromatic N) is 3. The molecule has 0 aliphatic heterocycles. The number of hydrogen-bond acceptors (Lipinski definition) is 5. The maximum Gasteiger partial charge on any atom is 0.134 e. The van der Waals surface area contributed by atoms with Gasteiger partial charge < -0.3 is 10.8 Å². The van der Waals surface area contributed by atoms with Gasteiger partial charge in [-0.25, -0.2) is 9.97 Å². The zero-order valence-corrected chi connectivity index (χ0v) is 10.3. The third kappa shape index (κ3) is 1.85. The number of anilines is 1. The second kappa shape index (κ2) is 4.20. The summed E-state index contributed by atoms with van der Waals surface area (Å²) < 4.78 is 0. The number of hydrogen-bond donors (Lipinski definition) is 2. The highest BCUT2D eigenvalue weighted by Gasteiger charge is 2.10. The highest BCUT2D eigenvalue weighted by Crippen LogP contribution is 2.31. The fourth-order valence-electron chi connectivity index (χ4n) is 2.23. The summed E-state index contributed by atoms with van der Waals surface area (Å²) >= 11 is 0. The minimum absolute atomic E-state index is 0.134. The van der Waals surface area contributed by atoms with Crippen LogP contribution >= 0.6 is 0 Å². The molecule has 2 heterocycles. The predicted octanol–water partition coefficient (Wildman–Crippen LogP) is 2.29. The molecule has 2 aromatic heterocycles. The number of aromatic hydroxyl groups is 1. The summed E-state index contributed by atoms with van der Waals surface area (Å²) in [5.74, 6) is 0.590. The molecule has 3 rings (SSSR count). The standard InChI is InChI=1S/C14H12N4O/c1-8-11(9-4-10(19)6-16-5-9)2-3-12-13(8)14(15)18-7-17-12/h2-7,19H,1H3,(H2,15,17,18). The number of nitrogens with two attached hydrogens (primary N) is 1. The molecule has 0 atom stereocenters. The summed E-state index contributed by atoms with van der Waals surface area (Å²) in [5.41, 5.74) is 9.49. The summed E-state index contributed by atoms with van der Waals surface area (Å²) in [7, 11) is 0. The molecule has 0 saturated heterocycles. The van der Waals surface area contributed by atoms with Crippen molar-refractivity contribution in [3.63, 3.8) is 0 Å². The first-order valence-corrected chi connectivity index (χ1v) is 5.81. The van der Waals surface area contributed by atoms with Gasteiger partial charge in [0.1, 0.15) is 17.9 Å². The van der Waals surface area contributed by atoms with Crippen molar-refractivity contribution in [1.29, 1.82) is 0 Å². The van der Waals surface area contributed by atoms with Gasteiger partial charge >= 0.3 is 0 Å². The monoisotopic (exact) mass is 252 g/mol. The molecule has 5 nitrogen and oxygen atoms in total. The molecule has 1 aromatic carbocycles. The maximum absolute atomic E-state index is 9.52. The van der Waals surface area contributed by atoms with Crippen LogP contribution in [0.2, 0.25) is 0 Å². The summed E-state index contributed by atoms with van der Waals surface area (Å²) in [6.07, 6.45) is 4.55. The summed E-state index contributed by atoms with van der Waals surface area (Å²) in [4.78, 5) is 12.2. The van der Waals surface area contributed by atoms with Crippen LogP contribution in [0.3, 0.4) is 0 Å². The Kier molecular flexibility index (Phi) is 2.52. The lowest BCUT2D eigenvalue weighted by Crippen LogP contribution is -1.96. The third-order valence-corrected chi connectivity index (χ3v) is 3.13. The molecule has 3 N–H and O–H groups in total. The molecule has 94 valence electrons. The third-order valence-electron chi connectivity index (χ3n) is 3.13. The number of benzene rings is 1. The fourth-order valence-corrected chi connectivity index (χ4v) is 2.23. The highest BCUT2D eigenvalue weighted by molar-refractivity contribution is 5.95. The Labute approximate surface area is 109 Å². The minimum Gasteiger partial charge on any atom is -0.506 e. The Morgan fingerprint density at radius 3 is 2.79 bits per heavy atom. The lowest BCUT2D eigenvalue weighted by molar-refractivity contribution is 0.473. The molecule has 0 aliphatic carbocycles. The first-order chi connectivity index (χ1) is 9.16. The van der Waals surface area contributed by atoms with E-state index in [1.165, 1.54) is 12.5 Å². The van der Waals surface area contributed by atoms with E-state index >= 15 is 0 Å². The van der Waals surface area contributed by atoms with Crippen molar-refractivity contribution in [2.75, 3.05) is 5.73 Å². The number of aryl methyl sites for hydroxylation is 1. The first-order valence-electron chi connectivity index (χ1n) is 5.81. The van der Waals surface area contributed by atoms with Crippen LogP contribution in [-0.2, 0) is 0 Å². The molecule has 5 heteroatoms. The van der Waals surface area contributed by atoms with E-state index in [0.29, 0.717) is 5.82 Å². The van der Waals surface area contributed by atoms with Gasteiger partial charge in [0, 0.05) is 17.1 Å². The van der Waals surface area contributed by atoms with Crippen LogP contribution in [0, 0.1) is 6.92 Å². The van der Waals surface area contributed by atoms with Crippen LogP contribution in [0.5, 0.6) is 5.75 Å². The number of pyridine rings is 1. The van der Waals surface area contributed by atoms with E-state index in [2.05, 4.69) is 15.0 Å². The number of nitrogen functional groups attached to an aromatic ring is 1. The molecule has 3 aromatic rings. The van der Waals surface area contributed by atoms with Gasteiger partial charge in [0.2, 0.25) is 0 Å². The van der Waals surface area contributed by atoms with Gasteiger partial charge in [0.15, 0.2) is 0 Å². The normalized spacial score (nSPS) is 10.8. The van der Waals surface area contributed by atoms with Crippen LogP contribution in [0.25, 0.3) is 22.0 Å². The van der Waals surface area contributed by atoms with E-state index in [0.717, 1.165) is 27.6 Å². The SMILES string of the molecule is Cc1c(-c2cncc(O)c2)ccc2ncnc(N)c12. The molecule has 0 amide bonds. The fraction of sp³-hybridized carbons (Fsp3) is 0.0714. The van der Waals surface area contributed by atoms with Crippen molar-refractivity contribution in [2.24, 2.45) is 0 Å². The molecule has 0 bridgehead atoms. The molecule has 0 spiro atoms. The van der Waals surface area contributed by atoms with Crippen molar-refractivity contribution < 1.29 is 5.11 Å². The van der Waals surface area contributed by atoms with Gasteiger partial charge in [0.25, 0.3) is 0 Å². The largest absolute Gasteiger partial charge is 0.506 e. The topological polar surface area (TPSA) is 84.9 Å². The van der Waals surface area contributed by atoms with Crippen molar-refractivity contribution in [2.45, 2.75) is 6.92 Å². The van der Waals surface area contributed by atoms with Gasteiger partial charge in [-0.15, -0.1) is 0 Å². The lowest BCUT2D eigenvalue weighted by Gasteiger charge is -2.10. The lowest BCUT2D eigenvalue weighted by atomic mass is 9.98. The van der Waals surface area contributed by atoms with Gasteiger partial charge in [-0.2, -0.15) is 0 Å². The van der Waals surface area contributed by atoms with Crippen molar-refractivity contribution in [3.05, 3.63) is 42.5 Å². The van der Waals surface area contributed by atoms with Gasteiger partial charge in [-0.3, -0.25) is 4.98 Å². The van der Waals surface area contributed by atoms with E-state index in [1.807, 2.05) is 19.1 Å². The molecular formula is C14H12N4O. The Hall–Kier alpha value is -2.69. The Morgan fingerprint density at radius 2 is 2.00 bits per heavy atom. The molecule has 0 radical (unpaired) electrons. The highest BCUT2D eigenvalue weighted by atomic mass is 16.3. The van der Waals surface area contributed by atoms with E-state index in [4.69, 9.17) is 5.73 Å². The van der Waals surface area contributed by atoms with E-state index in [9.17, 15) is 5.11 Å². The molecule has 19 heavy (non-hydrogen) atoms. The zero-order chi connectivity index (χ0) is 13.4. The van der Waals surface area contributed by atoms with Crippen LogP contribution in [0.15, 0.2) is 36.9 Å². The summed E-state index contributed by atoms with van der Waals surface area (Å²) in [6, 6.07) is 5.50. The maximum atomic E-state index is 9.52. The van der Waals surface area contributed by atoms with Crippen LogP contribution < -0.4 is 5.73 Å². The molecular weight excluding hydrogens is 240 g/mol. The first kappa shape index (κ1) is 11.4. The minimum atomic E-state index is 0.134. The Bertz CT molecular complexity index is 770. The molecule has 0 unspecified atom stereocenters. The van der Waals surface area contributed by atoms with Gasteiger partial charge in [0.05, 0.1) is 11.7 Å². The van der Waals surface area contributed by atoms with Gasteiger partial charge in [-0.1, -0.05) is 6.07 Å². The van der Waals surface area contributed by atoms with Crippen LogP contribution in [0.1, 0.15) is 5.56 Å². The Balaban J connectivity index is 2.32. The molecule has 0 aliphatic rings. The zero-order valence-electron chi connectivity index (χ0n) is 10.3. The van der Waals surface area contributed by atoms with Crippen molar-refractivity contribution in [3.8, 4) is 16.9 Å². The number of aromatic nitrogens is 3. The smallest absolute Gasteiger partial charge is 0.134 e. The Morgan fingerprint density at radius 1 is 1.16 bits per heavy atom. The average Bonchev–Trinajstić information content (AvgIpc) is 2.39. The summed E-state index contributed by atoms with van der Waals surface area (Å²) in [5, 5.41) is 10.4. The van der Waals surface area contributed by atoms with E-state index < -0.39 is 0 Å². The quantitative estimate of drug-likeness (QED) is 0.694. The summed E-state index contributed by atoms with van der Waals surface area (Å²) in [6.45, 7) is 1.96. The van der Waals surface area contributed by atoms with E-state index in [-0.39, 0.29) is 5.75 Å². The van der Waals surface area contributed by atoms with Crippen molar-refractivity contribution >= 4 is 16.7 Å².